The van der Waals surface area contributed by atoms with Crippen LogP contribution in [0.4, 0.5) is 0 Å². The van der Waals surface area contributed by atoms with Gasteiger partial charge in [-0.05, 0) is 11.4 Å². The molecule has 102 valence electrons. The van der Waals surface area contributed by atoms with Gasteiger partial charge in [0.25, 0.3) is 0 Å². The van der Waals surface area contributed by atoms with E-state index in [0.717, 1.165) is 5.56 Å². The number of hydrogen-bond donors (Lipinski definition) is 1. The number of thiophene rings is 1. The summed E-state index contributed by atoms with van der Waals surface area (Å²) in [5, 5.41) is 11.0. The number of hydrogen-bond acceptors (Lipinski definition) is 7. The number of rotatable bonds is 3. The molecular formula is C11H13N3O3S2. The van der Waals surface area contributed by atoms with Gasteiger partial charge >= 0.3 is 0 Å². The van der Waals surface area contributed by atoms with E-state index >= 15 is 0 Å². The van der Waals surface area contributed by atoms with Crippen LogP contribution in [0, 0.1) is 0 Å². The van der Waals surface area contributed by atoms with Gasteiger partial charge in [0.2, 0.25) is 11.7 Å². The van der Waals surface area contributed by atoms with Crippen LogP contribution in [0.3, 0.4) is 0 Å². The van der Waals surface area contributed by atoms with Gasteiger partial charge in [-0.2, -0.15) is 16.3 Å². The fraction of sp³-hybridized carbons (Fsp3) is 0.455. The van der Waals surface area contributed by atoms with Crippen molar-refractivity contribution in [3.05, 3.63) is 22.7 Å². The number of nitrogens with zero attached hydrogens (tertiary/aromatic N) is 2. The van der Waals surface area contributed by atoms with E-state index in [1.807, 2.05) is 16.8 Å². The molecule has 0 bridgehead atoms. The third-order valence-electron chi connectivity index (χ3n) is 2.97. The van der Waals surface area contributed by atoms with Crippen LogP contribution < -0.4 is 5.32 Å². The molecule has 0 spiro atoms. The van der Waals surface area contributed by atoms with Crippen LogP contribution in [0.1, 0.15) is 5.89 Å². The predicted molar refractivity (Wildman–Crippen MR) is 71.8 cm³/mol. The number of sulfone groups is 1. The van der Waals surface area contributed by atoms with Gasteiger partial charge in [0.05, 0.1) is 11.5 Å². The Morgan fingerprint density at radius 2 is 2.42 bits per heavy atom. The first kappa shape index (κ1) is 12.8. The molecule has 0 aliphatic carbocycles. The zero-order valence-corrected chi connectivity index (χ0v) is 11.7. The van der Waals surface area contributed by atoms with Gasteiger partial charge in [0.15, 0.2) is 9.84 Å². The maximum absolute atomic E-state index is 11.5. The first-order valence-electron chi connectivity index (χ1n) is 5.91. The highest BCUT2D eigenvalue weighted by atomic mass is 32.2. The van der Waals surface area contributed by atoms with E-state index in [0.29, 0.717) is 24.7 Å². The first-order chi connectivity index (χ1) is 9.12. The Hall–Kier alpha value is -1.25. The van der Waals surface area contributed by atoms with E-state index in [9.17, 15) is 8.42 Å². The summed E-state index contributed by atoms with van der Waals surface area (Å²) < 4.78 is 28.2. The van der Waals surface area contributed by atoms with Gasteiger partial charge in [-0.3, -0.25) is 0 Å². The quantitative estimate of drug-likeness (QED) is 0.899. The summed E-state index contributed by atoms with van der Waals surface area (Å²) in [6.45, 7) is 0.485. The van der Waals surface area contributed by atoms with Crippen LogP contribution in [-0.2, 0) is 16.3 Å². The Bertz CT molecular complexity index is 649. The van der Waals surface area contributed by atoms with Crippen molar-refractivity contribution in [3.8, 4) is 11.4 Å². The maximum Gasteiger partial charge on any atom is 0.228 e. The first-order valence-corrected chi connectivity index (χ1v) is 8.68. The molecule has 1 unspecified atom stereocenters. The van der Waals surface area contributed by atoms with Crippen molar-refractivity contribution in [2.45, 2.75) is 12.5 Å². The topological polar surface area (TPSA) is 85.1 Å². The van der Waals surface area contributed by atoms with E-state index in [-0.39, 0.29) is 17.5 Å². The third kappa shape index (κ3) is 3.02. The lowest BCUT2D eigenvalue weighted by molar-refractivity contribution is 0.361. The average molecular weight is 299 g/mol. The molecule has 0 saturated carbocycles. The maximum atomic E-state index is 11.5. The molecule has 1 aliphatic heterocycles. The molecule has 1 fully saturated rings. The van der Waals surface area contributed by atoms with Gasteiger partial charge in [-0.15, -0.1) is 0 Å². The lowest BCUT2D eigenvalue weighted by Crippen LogP contribution is -2.46. The molecule has 19 heavy (non-hydrogen) atoms. The molecule has 0 aromatic carbocycles. The van der Waals surface area contributed by atoms with Crippen LogP contribution in [0.25, 0.3) is 11.4 Å². The SMILES string of the molecule is O=S1(=O)CCNC(Cc2nc(-c3ccsc3)no2)C1. The summed E-state index contributed by atoms with van der Waals surface area (Å²) in [6, 6.07) is 1.78. The molecule has 2 aromatic heterocycles. The van der Waals surface area contributed by atoms with Crippen molar-refractivity contribution in [1.29, 1.82) is 0 Å². The molecule has 0 radical (unpaired) electrons. The minimum atomic E-state index is -2.94. The fourth-order valence-electron chi connectivity index (χ4n) is 2.06. The Balaban J connectivity index is 1.71. The van der Waals surface area contributed by atoms with Gasteiger partial charge in [0, 0.05) is 30.0 Å². The molecule has 1 saturated heterocycles. The van der Waals surface area contributed by atoms with Gasteiger partial charge < -0.3 is 9.84 Å². The minimum Gasteiger partial charge on any atom is -0.339 e. The number of nitrogens with one attached hydrogen (secondary N) is 1. The van der Waals surface area contributed by atoms with Crippen LogP contribution in [0.15, 0.2) is 21.3 Å². The van der Waals surface area contributed by atoms with E-state index < -0.39 is 9.84 Å². The van der Waals surface area contributed by atoms with E-state index in [2.05, 4.69) is 15.5 Å². The molecule has 3 heterocycles. The van der Waals surface area contributed by atoms with E-state index in [1.54, 1.807) is 11.3 Å². The zero-order chi connectivity index (χ0) is 13.3. The molecule has 0 amide bonds. The molecule has 1 atom stereocenters. The Kier molecular flexibility index (Phi) is 3.38. The molecule has 1 aliphatic rings. The highest BCUT2D eigenvalue weighted by Gasteiger charge is 2.26. The molecule has 2 aromatic rings. The normalized spacial score (nSPS) is 22.4. The summed E-state index contributed by atoms with van der Waals surface area (Å²) in [6.07, 6.45) is 0.441. The highest BCUT2D eigenvalue weighted by molar-refractivity contribution is 7.91. The summed E-state index contributed by atoms with van der Waals surface area (Å²) in [5.74, 6) is 1.35. The summed E-state index contributed by atoms with van der Waals surface area (Å²) in [4.78, 5) is 4.29. The molecular weight excluding hydrogens is 286 g/mol. The predicted octanol–water partition coefficient (Wildman–Crippen LogP) is 0.727. The third-order valence-corrected chi connectivity index (χ3v) is 5.39. The van der Waals surface area contributed by atoms with Gasteiger partial charge in [0.1, 0.15) is 0 Å². The summed E-state index contributed by atoms with van der Waals surface area (Å²) in [7, 11) is -2.94. The monoisotopic (exact) mass is 299 g/mol. The molecule has 8 heteroatoms. The Morgan fingerprint density at radius 3 is 3.16 bits per heavy atom. The van der Waals surface area contributed by atoms with Gasteiger partial charge in [-0.25, -0.2) is 8.42 Å². The lowest BCUT2D eigenvalue weighted by atomic mass is 10.2. The summed E-state index contributed by atoms with van der Waals surface area (Å²) in [5.41, 5.74) is 0.921. The highest BCUT2D eigenvalue weighted by Crippen LogP contribution is 2.19. The zero-order valence-electron chi connectivity index (χ0n) is 10.1. The van der Waals surface area contributed by atoms with Crippen molar-refractivity contribution < 1.29 is 12.9 Å². The fourth-order valence-corrected chi connectivity index (χ4v) is 4.13. The average Bonchev–Trinajstić information content (AvgIpc) is 2.96. The van der Waals surface area contributed by atoms with Crippen LogP contribution in [-0.4, -0.2) is 42.7 Å². The van der Waals surface area contributed by atoms with Crippen molar-refractivity contribution in [2.24, 2.45) is 0 Å². The standard InChI is InChI=1S/C11H13N3O3S2/c15-19(16)4-2-12-9(7-19)5-10-13-11(14-17-10)8-1-3-18-6-8/h1,3,6,9,12H,2,4-5,7H2. The summed E-state index contributed by atoms with van der Waals surface area (Å²) >= 11 is 1.57. The molecule has 6 nitrogen and oxygen atoms in total. The van der Waals surface area contributed by atoms with Crippen molar-refractivity contribution in [1.82, 2.24) is 15.5 Å². The van der Waals surface area contributed by atoms with Crippen molar-refractivity contribution in [3.63, 3.8) is 0 Å². The van der Waals surface area contributed by atoms with Crippen molar-refractivity contribution >= 4 is 21.2 Å². The van der Waals surface area contributed by atoms with Crippen molar-refractivity contribution in [2.75, 3.05) is 18.1 Å². The molecule has 3 rings (SSSR count). The molecule has 1 N–H and O–H groups in total. The second kappa shape index (κ2) is 5.03. The minimum absolute atomic E-state index is 0.128. The smallest absolute Gasteiger partial charge is 0.228 e. The van der Waals surface area contributed by atoms with Gasteiger partial charge in [-0.1, -0.05) is 5.16 Å². The Morgan fingerprint density at radius 1 is 1.53 bits per heavy atom. The number of aromatic nitrogens is 2. The van der Waals surface area contributed by atoms with E-state index in [1.165, 1.54) is 0 Å². The van der Waals surface area contributed by atoms with Crippen LogP contribution in [0.2, 0.25) is 0 Å². The lowest BCUT2D eigenvalue weighted by Gasteiger charge is -2.21. The Labute approximate surface area is 114 Å². The second-order valence-electron chi connectivity index (χ2n) is 4.49. The van der Waals surface area contributed by atoms with Crippen LogP contribution >= 0.6 is 11.3 Å². The van der Waals surface area contributed by atoms with E-state index in [4.69, 9.17) is 4.52 Å². The second-order valence-corrected chi connectivity index (χ2v) is 7.50. The largest absolute Gasteiger partial charge is 0.339 e. The van der Waals surface area contributed by atoms with Crippen LogP contribution in [0.5, 0.6) is 0 Å².